The first-order chi connectivity index (χ1) is 24.0. The number of anilines is 1. The van der Waals surface area contributed by atoms with Gasteiger partial charge in [-0.1, -0.05) is 38.1 Å². The van der Waals surface area contributed by atoms with Gasteiger partial charge in [-0.05, 0) is 101 Å². The SMILES string of the molecule is Cc1ccnc(N(C(=O)c2ccc(-n3nnc4cccnc43)cc2F)[C@@H]2CCCN(C(=O)OC(C)(C)C)C2)c1/C=C/CCO[Si](C)(C)C(C)(C)C. The Morgan fingerprint density at radius 1 is 1.08 bits per heavy atom. The van der Waals surface area contributed by atoms with Gasteiger partial charge in [0.2, 0.25) is 0 Å². The number of fused-ring (bicyclic) bond motifs is 1. The lowest BCUT2D eigenvalue weighted by Gasteiger charge is -2.39. The summed E-state index contributed by atoms with van der Waals surface area (Å²) in [6.45, 7) is 19.8. The van der Waals surface area contributed by atoms with Crippen LogP contribution in [0.3, 0.4) is 0 Å². The summed E-state index contributed by atoms with van der Waals surface area (Å²) in [5, 5.41) is 8.37. The van der Waals surface area contributed by atoms with Crippen LogP contribution in [0.1, 0.15) is 82.3 Å². The number of hydrogen-bond acceptors (Lipinski definition) is 8. The number of halogens is 1. The first-order valence-corrected chi connectivity index (χ1v) is 20.4. The van der Waals surface area contributed by atoms with E-state index in [1.54, 1.807) is 40.4 Å². The van der Waals surface area contributed by atoms with Crippen molar-refractivity contribution in [2.24, 2.45) is 0 Å². The van der Waals surface area contributed by atoms with E-state index in [1.807, 2.05) is 45.9 Å². The van der Waals surface area contributed by atoms with E-state index in [-0.39, 0.29) is 17.1 Å². The van der Waals surface area contributed by atoms with Crippen molar-refractivity contribution >= 4 is 43.4 Å². The number of carbonyl (C=O) groups excluding carboxylic acids is 2. The zero-order chi connectivity index (χ0) is 37.1. The number of aryl methyl sites for hydroxylation is 1. The number of carbonyl (C=O) groups is 2. The quantitative estimate of drug-likeness (QED) is 0.126. The summed E-state index contributed by atoms with van der Waals surface area (Å²) in [6, 6.07) is 9.24. The maximum Gasteiger partial charge on any atom is 0.410 e. The fourth-order valence-corrected chi connectivity index (χ4v) is 6.78. The third-order valence-corrected chi connectivity index (χ3v) is 14.1. The zero-order valence-electron chi connectivity index (χ0n) is 31.2. The second-order valence-corrected chi connectivity index (χ2v) is 20.4. The highest BCUT2D eigenvalue weighted by Gasteiger charge is 2.38. The van der Waals surface area contributed by atoms with Crippen molar-refractivity contribution in [3.63, 3.8) is 0 Å². The highest BCUT2D eigenvalue weighted by atomic mass is 28.4. The van der Waals surface area contributed by atoms with Gasteiger partial charge >= 0.3 is 6.09 Å². The number of ether oxygens (including phenoxy) is 1. The summed E-state index contributed by atoms with van der Waals surface area (Å²) in [7, 11) is -1.91. The molecule has 13 heteroatoms. The lowest BCUT2D eigenvalue weighted by atomic mass is 10.0. The maximum atomic E-state index is 16.1. The fourth-order valence-electron chi connectivity index (χ4n) is 5.72. The van der Waals surface area contributed by atoms with Crippen LogP contribution in [0.5, 0.6) is 0 Å². The summed E-state index contributed by atoms with van der Waals surface area (Å²) < 4.78 is 29.6. The van der Waals surface area contributed by atoms with Crippen LogP contribution in [-0.2, 0) is 9.16 Å². The summed E-state index contributed by atoms with van der Waals surface area (Å²) in [4.78, 5) is 40.1. The Bertz CT molecular complexity index is 1910. The monoisotopic (exact) mass is 715 g/mol. The molecule has 5 rings (SSSR count). The molecule has 3 aromatic heterocycles. The van der Waals surface area contributed by atoms with E-state index in [2.05, 4.69) is 49.2 Å². The molecule has 4 aromatic rings. The number of nitrogens with zero attached hydrogens (tertiary/aromatic N) is 7. The predicted molar refractivity (Wildman–Crippen MR) is 200 cm³/mol. The smallest absolute Gasteiger partial charge is 0.410 e. The third kappa shape index (κ3) is 8.70. The van der Waals surface area contributed by atoms with Gasteiger partial charge < -0.3 is 14.1 Å². The van der Waals surface area contributed by atoms with Crippen molar-refractivity contribution in [1.82, 2.24) is 29.9 Å². The first kappa shape index (κ1) is 37.8. The number of pyridine rings is 2. The first-order valence-electron chi connectivity index (χ1n) is 17.5. The second kappa shape index (κ2) is 15.0. The van der Waals surface area contributed by atoms with E-state index in [4.69, 9.17) is 14.1 Å². The average Bonchev–Trinajstić information content (AvgIpc) is 3.49. The van der Waals surface area contributed by atoms with Gasteiger partial charge in [0, 0.05) is 43.7 Å². The Morgan fingerprint density at radius 3 is 2.55 bits per heavy atom. The number of rotatable bonds is 9. The molecule has 272 valence electrons. The van der Waals surface area contributed by atoms with Crippen LogP contribution in [-0.4, -0.2) is 81.5 Å². The molecule has 1 aliphatic rings. The maximum absolute atomic E-state index is 16.1. The Hall–Kier alpha value is -4.49. The summed E-state index contributed by atoms with van der Waals surface area (Å²) in [6.07, 6.45) is 8.69. The number of hydrogen-bond donors (Lipinski definition) is 0. The lowest BCUT2D eigenvalue weighted by Crippen LogP contribution is -2.53. The van der Waals surface area contributed by atoms with Crippen molar-refractivity contribution in [2.45, 2.75) is 97.5 Å². The van der Waals surface area contributed by atoms with Crippen LogP contribution >= 0.6 is 0 Å². The molecule has 1 aromatic carbocycles. The van der Waals surface area contributed by atoms with Crippen molar-refractivity contribution in [3.8, 4) is 5.69 Å². The molecule has 0 radical (unpaired) electrons. The normalized spacial score (nSPS) is 15.8. The van der Waals surface area contributed by atoms with E-state index in [0.717, 1.165) is 11.1 Å². The minimum Gasteiger partial charge on any atom is -0.444 e. The third-order valence-electron chi connectivity index (χ3n) is 9.52. The van der Waals surface area contributed by atoms with Crippen molar-refractivity contribution in [1.29, 1.82) is 0 Å². The largest absolute Gasteiger partial charge is 0.444 e. The Balaban J connectivity index is 1.50. The van der Waals surface area contributed by atoms with Gasteiger partial charge in [-0.3, -0.25) is 9.69 Å². The molecule has 0 spiro atoms. The predicted octanol–water partition coefficient (Wildman–Crippen LogP) is 8.13. The average molecular weight is 716 g/mol. The number of amides is 2. The van der Waals surface area contributed by atoms with Crippen LogP contribution in [0, 0.1) is 12.7 Å². The molecule has 11 nitrogen and oxygen atoms in total. The van der Waals surface area contributed by atoms with E-state index in [0.29, 0.717) is 55.1 Å². The number of aromatic nitrogens is 5. The molecular weight excluding hydrogens is 666 g/mol. The number of benzene rings is 1. The van der Waals surface area contributed by atoms with Crippen molar-refractivity contribution < 1.29 is 23.1 Å². The Morgan fingerprint density at radius 2 is 1.84 bits per heavy atom. The molecule has 51 heavy (non-hydrogen) atoms. The lowest BCUT2D eigenvalue weighted by molar-refractivity contribution is 0.0195. The molecule has 4 heterocycles. The molecule has 1 fully saturated rings. The van der Waals surface area contributed by atoms with Crippen molar-refractivity contribution in [2.75, 3.05) is 24.6 Å². The molecule has 0 saturated carbocycles. The van der Waals surface area contributed by atoms with E-state index in [1.165, 1.54) is 16.8 Å². The van der Waals surface area contributed by atoms with Gasteiger partial charge in [0.25, 0.3) is 5.91 Å². The molecule has 0 aliphatic carbocycles. The molecule has 0 N–H and O–H groups in total. The zero-order valence-corrected chi connectivity index (χ0v) is 32.2. The number of likely N-dealkylation sites (tertiary alicyclic amines) is 1. The Kier molecular flexibility index (Phi) is 11.1. The topological polar surface area (TPSA) is 116 Å². The van der Waals surface area contributed by atoms with Gasteiger partial charge in [0.05, 0.1) is 17.3 Å². The second-order valence-electron chi connectivity index (χ2n) is 15.6. The summed E-state index contributed by atoms with van der Waals surface area (Å²) in [5.74, 6) is -0.896. The van der Waals surface area contributed by atoms with Crippen LogP contribution in [0.4, 0.5) is 15.0 Å². The highest BCUT2D eigenvalue weighted by molar-refractivity contribution is 6.74. The van der Waals surface area contributed by atoms with Crippen LogP contribution in [0.25, 0.3) is 22.9 Å². The summed E-state index contributed by atoms with van der Waals surface area (Å²) >= 11 is 0. The van der Waals surface area contributed by atoms with Gasteiger partial charge in [-0.15, -0.1) is 5.10 Å². The van der Waals surface area contributed by atoms with Crippen molar-refractivity contribution in [3.05, 3.63) is 77.4 Å². The molecule has 0 bridgehead atoms. The van der Waals surface area contributed by atoms with E-state index >= 15 is 4.39 Å². The number of piperidine rings is 1. The minimum absolute atomic E-state index is 0.102. The molecule has 1 atom stereocenters. The fraction of sp³-hybridized carbons (Fsp3) is 0.474. The molecule has 1 saturated heterocycles. The highest BCUT2D eigenvalue weighted by Crippen LogP contribution is 2.37. The van der Waals surface area contributed by atoms with E-state index in [9.17, 15) is 9.59 Å². The minimum atomic E-state index is -1.91. The van der Waals surface area contributed by atoms with Gasteiger partial charge in [0.15, 0.2) is 14.0 Å². The van der Waals surface area contributed by atoms with Gasteiger partial charge in [-0.25, -0.2) is 19.2 Å². The Labute approximate surface area is 301 Å². The van der Waals surface area contributed by atoms with Crippen LogP contribution in [0.2, 0.25) is 18.1 Å². The van der Waals surface area contributed by atoms with Gasteiger partial charge in [0.1, 0.15) is 22.8 Å². The van der Waals surface area contributed by atoms with Crippen LogP contribution < -0.4 is 4.90 Å². The van der Waals surface area contributed by atoms with Gasteiger partial charge in [-0.2, -0.15) is 4.68 Å². The molecule has 1 aliphatic heterocycles. The van der Waals surface area contributed by atoms with E-state index < -0.39 is 37.8 Å². The molecule has 0 unspecified atom stereocenters. The van der Waals surface area contributed by atoms with Crippen LogP contribution in [0.15, 0.2) is 54.9 Å². The summed E-state index contributed by atoms with van der Waals surface area (Å²) in [5.41, 5.74) is 2.24. The molecular formula is C38H50FN7O4Si. The molecule has 2 amide bonds. The standard InChI is InChI=1S/C38H50FN7O4Si/c1-26-19-21-41-33(29(26)15-10-11-23-49-51(8,9)38(5,6)7)45(28-14-13-22-44(25-28)36(48)50-37(2,3)4)35(47)30-18-17-27(24-31(30)39)46-34-32(42-43-46)16-12-20-40-34/h10,12,15-21,24,28H,11,13-14,22-23,25H2,1-9H3/b15-10+/t28-/m1/s1.